The second-order valence-electron chi connectivity index (χ2n) is 6.52. The highest BCUT2D eigenvalue weighted by Crippen LogP contribution is 2.38. The van der Waals surface area contributed by atoms with E-state index in [0.29, 0.717) is 22.9 Å². The number of piperazine rings is 1. The van der Waals surface area contributed by atoms with Crippen molar-refractivity contribution in [2.45, 2.75) is 6.04 Å². The van der Waals surface area contributed by atoms with Crippen LogP contribution in [0.25, 0.3) is 0 Å². The Hall–Kier alpha value is -3.32. The van der Waals surface area contributed by atoms with Crippen molar-refractivity contribution in [3.05, 3.63) is 70.9 Å². The molecule has 148 valence electrons. The van der Waals surface area contributed by atoms with E-state index >= 15 is 0 Å². The van der Waals surface area contributed by atoms with Gasteiger partial charge in [0.25, 0.3) is 5.91 Å². The molecule has 0 N–H and O–H groups in total. The van der Waals surface area contributed by atoms with Gasteiger partial charge in [-0.2, -0.15) is 11.3 Å². The number of anilines is 2. The van der Waals surface area contributed by atoms with E-state index in [1.165, 1.54) is 16.2 Å². The summed E-state index contributed by atoms with van der Waals surface area (Å²) in [5.41, 5.74) is 2.02. The van der Waals surface area contributed by atoms with Gasteiger partial charge in [0.15, 0.2) is 0 Å². The lowest BCUT2D eigenvalue weighted by Gasteiger charge is -2.40. The van der Waals surface area contributed by atoms with Crippen LogP contribution in [0.1, 0.15) is 11.6 Å². The SMILES string of the molecule is COc1ccc(N2C(=O)CN(c3ccccc3OC)C(=O)[C@H]2c2ccsc2)cc1. The number of benzene rings is 2. The summed E-state index contributed by atoms with van der Waals surface area (Å²) in [5.74, 6) is 0.892. The first-order valence-electron chi connectivity index (χ1n) is 9.06. The molecular weight excluding hydrogens is 388 g/mol. The van der Waals surface area contributed by atoms with Gasteiger partial charge in [-0.1, -0.05) is 12.1 Å². The van der Waals surface area contributed by atoms with Crippen LogP contribution in [0.4, 0.5) is 11.4 Å². The van der Waals surface area contributed by atoms with Gasteiger partial charge in [0.05, 0.1) is 19.9 Å². The van der Waals surface area contributed by atoms with E-state index in [1.807, 2.05) is 29.0 Å². The molecule has 0 radical (unpaired) electrons. The van der Waals surface area contributed by atoms with Crippen LogP contribution < -0.4 is 19.3 Å². The average molecular weight is 408 g/mol. The van der Waals surface area contributed by atoms with Crippen LogP contribution in [0.5, 0.6) is 11.5 Å². The van der Waals surface area contributed by atoms with Gasteiger partial charge in [0.1, 0.15) is 24.1 Å². The van der Waals surface area contributed by atoms with Gasteiger partial charge in [0.2, 0.25) is 5.91 Å². The molecule has 1 fully saturated rings. The number of ether oxygens (including phenoxy) is 2. The van der Waals surface area contributed by atoms with Crippen LogP contribution >= 0.6 is 11.3 Å². The van der Waals surface area contributed by atoms with Crippen molar-refractivity contribution in [2.24, 2.45) is 0 Å². The second-order valence-corrected chi connectivity index (χ2v) is 7.30. The zero-order valence-corrected chi connectivity index (χ0v) is 16.9. The second kappa shape index (κ2) is 7.97. The summed E-state index contributed by atoms with van der Waals surface area (Å²) in [6.07, 6.45) is 0. The van der Waals surface area contributed by atoms with Crippen molar-refractivity contribution < 1.29 is 19.1 Å². The number of thiophene rings is 1. The molecule has 1 aliphatic heterocycles. The molecule has 1 aliphatic rings. The molecule has 2 amide bonds. The predicted molar refractivity (Wildman–Crippen MR) is 113 cm³/mol. The summed E-state index contributed by atoms with van der Waals surface area (Å²) >= 11 is 1.49. The maximum atomic E-state index is 13.6. The van der Waals surface area contributed by atoms with E-state index in [-0.39, 0.29) is 18.4 Å². The Morgan fingerprint density at radius 2 is 1.72 bits per heavy atom. The van der Waals surface area contributed by atoms with Gasteiger partial charge in [-0.15, -0.1) is 0 Å². The highest BCUT2D eigenvalue weighted by Gasteiger charge is 2.42. The fourth-order valence-electron chi connectivity index (χ4n) is 3.51. The number of hydrogen-bond donors (Lipinski definition) is 0. The van der Waals surface area contributed by atoms with Gasteiger partial charge in [-0.3, -0.25) is 19.4 Å². The molecular formula is C22H20N2O4S. The number of carbonyl (C=O) groups is 2. The van der Waals surface area contributed by atoms with Gasteiger partial charge in [0, 0.05) is 5.69 Å². The minimum absolute atomic E-state index is 0.0636. The van der Waals surface area contributed by atoms with Crippen LogP contribution in [-0.2, 0) is 9.59 Å². The van der Waals surface area contributed by atoms with Crippen LogP contribution in [0.15, 0.2) is 65.4 Å². The minimum Gasteiger partial charge on any atom is -0.497 e. The number of hydrogen-bond acceptors (Lipinski definition) is 5. The van der Waals surface area contributed by atoms with Gasteiger partial charge in [-0.25, -0.2) is 0 Å². The number of rotatable bonds is 5. The van der Waals surface area contributed by atoms with Crippen molar-refractivity contribution in [2.75, 3.05) is 30.6 Å². The van der Waals surface area contributed by atoms with Crippen molar-refractivity contribution in [3.63, 3.8) is 0 Å². The number of carbonyl (C=O) groups excluding carboxylic acids is 2. The van der Waals surface area contributed by atoms with Gasteiger partial charge in [-0.05, 0) is 58.8 Å². The Labute approximate surface area is 172 Å². The summed E-state index contributed by atoms with van der Waals surface area (Å²) in [5, 5.41) is 3.80. The summed E-state index contributed by atoms with van der Waals surface area (Å²) in [7, 11) is 3.14. The third-order valence-corrected chi connectivity index (χ3v) is 5.61. The minimum atomic E-state index is -0.749. The molecule has 0 bridgehead atoms. The Balaban J connectivity index is 1.78. The molecule has 6 nitrogen and oxygen atoms in total. The first-order valence-corrected chi connectivity index (χ1v) is 10.0. The average Bonchev–Trinajstić information content (AvgIpc) is 3.29. The third kappa shape index (κ3) is 3.45. The topological polar surface area (TPSA) is 59.1 Å². The number of methoxy groups -OCH3 is 2. The predicted octanol–water partition coefficient (Wildman–Crippen LogP) is 3.89. The molecule has 2 heterocycles. The first-order chi connectivity index (χ1) is 14.1. The molecule has 3 aromatic rings. The van der Waals surface area contributed by atoms with E-state index in [0.717, 1.165) is 5.56 Å². The molecule has 4 rings (SSSR count). The Bertz CT molecular complexity index is 1020. The molecule has 0 aliphatic carbocycles. The lowest BCUT2D eigenvalue weighted by molar-refractivity contribution is -0.128. The van der Waals surface area contributed by atoms with Crippen LogP contribution in [0, 0.1) is 0 Å². The lowest BCUT2D eigenvalue weighted by atomic mass is 10.0. The molecule has 0 unspecified atom stereocenters. The molecule has 1 atom stereocenters. The van der Waals surface area contributed by atoms with Crippen LogP contribution in [0.3, 0.4) is 0 Å². The Kier molecular flexibility index (Phi) is 5.22. The number of amides is 2. The Morgan fingerprint density at radius 3 is 2.38 bits per heavy atom. The van der Waals surface area contributed by atoms with Gasteiger partial charge >= 0.3 is 0 Å². The fourth-order valence-corrected chi connectivity index (χ4v) is 4.19. The third-order valence-electron chi connectivity index (χ3n) is 4.91. The molecule has 0 spiro atoms. The zero-order valence-electron chi connectivity index (χ0n) is 16.1. The quantitative estimate of drug-likeness (QED) is 0.643. The van der Waals surface area contributed by atoms with E-state index in [4.69, 9.17) is 9.47 Å². The molecule has 0 saturated carbocycles. The molecule has 1 saturated heterocycles. The smallest absolute Gasteiger partial charge is 0.255 e. The number of para-hydroxylation sites is 2. The molecule has 2 aromatic carbocycles. The largest absolute Gasteiger partial charge is 0.497 e. The van der Waals surface area contributed by atoms with Crippen molar-refractivity contribution >= 4 is 34.5 Å². The summed E-state index contributed by atoms with van der Waals surface area (Å²) in [4.78, 5) is 29.9. The summed E-state index contributed by atoms with van der Waals surface area (Å²) in [6.45, 7) is -0.0636. The number of nitrogens with zero attached hydrogens (tertiary/aromatic N) is 2. The highest BCUT2D eigenvalue weighted by atomic mass is 32.1. The van der Waals surface area contributed by atoms with E-state index in [1.54, 1.807) is 55.5 Å². The van der Waals surface area contributed by atoms with Crippen LogP contribution in [-0.4, -0.2) is 32.6 Å². The van der Waals surface area contributed by atoms with Gasteiger partial charge < -0.3 is 9.47 Å². The monoisotopic (exact) mass is 408 g/mol. The standard InChI is InChI=1S/C22H20N2O4S/c1-27-17-9-7-16(8-10-17)24-20(25)13-23(18-5-3-4-6-19(18)28-2)22(26)21(24)15-11-12-29-14-15/h3-12,14,21H,13H2,1-2H3/t21-/m1/s1. The Morgan fingerprint density at radius 1 is 0.966 bits per heavy atom. The molecule has 7 heteroatoms. The van der Waals surface area contributed by atoms with Crippen molar-refractivity contribution in [1.82, 2.24) is 0 Å². The van der Waals surface area contributed by atoms with Crippen molar-refractivity contribution in [1.29, 1.82) is 0 Å². The van der Waals surface area contributed by atoms with E-state index in [9.17, 15) is 9.59 Å². The zero-order chi connectivity index (χ0) is 20.4. The lowest BCUT2D eigenvalue weighted by Crippen LogP contribution is -2.56. The van der Waals surface area contributed by atoms with E-state index in [2.05, 4.69) is 0 Å². The van der Waals surface area contributed by atoms with Crippen molar-refractivity contribution in [3.8, 4) is 11.5 Å². The fraction of sp³-hybridized carbons (Fsp3) is 0.182. The van der Waals surface area contributed by atoms with Crippen LogP contribution in [0.2, 0.25) is 0 Å². The summed E-state index contributed by atoms with van der Waals surface area (Å²) in [6, 6.07) is 15.5. The summed E-state index contributed by atoms with van der Waals surface area (Å²) < 4.78 is 10.6. The molecule has 29 heavy (non-hydrogen) atoms. The normalized spacial score (nSPS) is 16.8. The maximum absolute atomic E-state index is 13.6. The maximum Gasteiger partial charge on any atom is 0.255 e. The first kappa shape index (κ1) is 19.0. The highest BCUT2D eigenvalue weighted by molar-refractivity contribution is 7.08. The molecule has 1 aromatic heterocycles. The van der Waals surface area contributed by atoms with E-state index < -0.39 is 6.04 Å².